The fourth-order valence-corrected chi connectivity index (χ4v) is 3.33. The maximum Gasteiger partial charge on any atom is 0.407 e. The van der Waals surface area contributed by atoms with E-state index in [0.29, 0.717) is 11.4 Å². The van der Waals surface area contributed by atoms with Crippen LogP contribution in [0.15, 0.2) is 0 Å². The van der Waals surface area contributed by atoms with Gasteiger partial charge in [0.25, 0.3) is 0 Å². The number of carboxylic acid groups (broad SMARTS) is 1. The number of ether oxygens (including phenoxy) is 2. The zero-order valence-electron chi connectivity index (χ0n) is 14.4. The molecule has 1 heterocycles. The first-order valence-electron chi connectivity index (χ1n) is 8.01. The van der Waals surface area contributed by atoms with Gasteiger partial charge in [0.2, 0.25) is 5.88 Å². The molecule has 1 aliphatic carbocycles. The van der Waals surface area contributed by atoms with E-state index in [1.54, 1.807) is 6.92 Å². The van der Waals surface area contributed by atoms with Gasteiger partial charge in [0.15, 0.2) is 4.88 Å². The Balaban J connectivity index is 1.94. The van der Waals surface area contributed by atoms with Gasteiger partial charge in [-0.15, -0.1) is 11.3 Å². The lowest BCUT2D eigenvalue weighted by molar-refractivity contribution is 0.0461. The minimum atomic E-state index is -1.03. The molecule has 1 aliphatic rings. The number of hydrogen-bond donors (Lipinski definition) is 2. The summed E-state index contributed by atoms with van der Waals surface area (Å²) < 4.78 is 11.1. The van der Waals surface area contributed by atoms with E-state index in [4.69, 9.17) is 9.47 Å². The van der Waals surface area contributed by atoms with Gasteiger partial charge in [0, 0.05) is 12.5 Å². The Kier molecular flexibility index (Phi) is 5.69. The van der Waals surface area contributed by atoms with Crippen LogP contribution >= 0.6 is 11.3 Å². The van der Waals surface area contributed by atoms with Crippen LogP contribution in [0.5, 0.6) is 5.88 Å². The Bertz CT molecular complexity index is 608. The van der Waals surface area contributed by atoms with Gasteiger partial charge in [-0.25, -0.2) is 14.6 Å². The Morgan fingerprint density at radius 3 is 2.67 bits per heavy atom. The highest BCUT2D eigenvalue weighted by molar-refractivity contribution is 7.13. The molecule has 24 heavy (non-hydrogen) atoms. The van der Waals surface area contributed by atoms with Crippen LogP contribution in [0.25, 0.3) is 0 Å². The van der Waals surface area contributed by atoms with E-state index in [1.807, 2.05) is 20.8 Å². The van der Waals surface area contributed by atoms with Gasteiger partial charge in [-0.3, -0.25) is 0 Å². The Hall–Kier alpha value is -1.83. The van der Waals surface area contributed by atoms with Crippen molar-refractivity contribution in [1.29, 1.82) is 0 Å². The summed E-state index contributed by atoms with van der Waals surface area (Å²) in [7, 11) is 0. The number of aromatic nitrogens is 1. The largest absolute Gasteiger partial charge is 0.477 e. The summed E-state index contributed by atoms with van der Waals surface area (Å²) in [6.45, 7) is 7.20. The molecule has 0 aromatic carbocycles. The summed E-state index contributed by atoms with van der Waals surface area (Å²) in [5.74, 6) is -0.859. The van der Waals surface area contributed by atoms with Crippen molar-refractivity contribution in [2.45, 2.75) is 71.1 Å². The molecular formula is C16H24N2O5S. The zero-order chi connectivity index (χ0) is 17.9. The van der Waals surface area contributed by atoms with Crippen molar-refractivity contribution < 1.29 is 24.2 Å². The Morgan fingerprint density at radius 2 is 2.04 bits per heavy atom. The van der Waals surface area contributed by atoms with Gasteiger partial charge in [-0.1, -0.05) is 0 Å². The topological polar surface area (TPSA) is 97.8 Å². The van der Waals surface area contributed by atoms with E-state index in [2.05, 4.69) is 10.3 Å². The lowest BCUT2D eigenvalue weighted by atomic mass is 9.93. The van der Waals surface area contributed by atoms with Crippen molar-refractivity contribution in [3.05, 3.63) is 9.88 Å². The molecule has 0 aliphatic heterocycles. The van der Waals surface area contributed by atoms with Crippen LogP contribution in [0.1, 0.15) is 61.1 Å². The number of carboxylic acids is 1. The Labute approximate surface area is 145 Å². The zero-order valence-corrected chi connectivity index (χ0v) is 15.2. The molecule has 2 rings (SSSR count). The molecule has 134 valence electrons. The van der Waals surface area contributed by atoms with E-state index in [0.717, 1.165) is 30.6 Å². The number of carbonyl (C=O) groups excluding carboxylic acids is 1. The number of nitrogens with one attached hydrogen (secondary N) is 1. The summed E-state index contributed by atoms with van der Waals surface area (Å²) in [4.78, 5) is 27.4. The minimum Gasteiger partial charge on any atom is -0.477 e. The van der Waals surface area contributed by atoms with Crippen LogP contribution in [0.3, 0.4) is 0 Å². The third-order valence-electron chi connectivity index (χ3n) is 3.52. The van der Waals surface area contributed by atoms with Crippen molar-refractivity contribution >= 4 is 23.4 Å². The average molecular weight is 356 g/mol. The number of thiazole rings is 1. The maximum atomic E-state index is 11.9. The SMILES string of the molecule is Cc1nc(O[C@H]2CCC[C@@H](NC(=O)OC(C)(C)C)C2)c(C(=O)O)s1. The first-order chi connectivity index (χ1) is 11.1. The summed E-state index contributed by atoms with van der Waals surface area (Å²) in [6, 6.07) is -0.0494. The highest BCUT2D eigenvalue weighted by Gasteiger charge is 2.28. The molecule has 1 amide bonds. The molecule has 2 N–H and O–H groups in total. The van der Waals surface area contributed by atoms with Crippen LogP contribution in [-0.2, 0) is 4.74 Å². The van der Waals surface area contributed by atoms with Crippen LogP contribution in [0.2, 0.25) is 0 Å². The normalized spacial score (nSPS) is 21.2. The van der Waals surface area contributed by atoms with Gasteiger partial charge in [0.05, 0.1) is 5.01 Å². The molecule has 1 saturated carbocycles. The van der Waals surface area contributed by atoms with Crippen LogP contribution in [0.4, 0.5) is 4.79 Å². The molecule has 2 atom stereocenters. The van der Waals surface area contributed by atoms with Crippen LogP contribution < -0.4 is 10.1 Å². The van der Waals surface area contributed by atoms with E-state index in [-0.39, 0.29) is 22.9 Å². The molecule has 0 bridgehead atoms. The smallest absolute Gasteiger partial charge is 0.407 e. The number of aromatic carboxylic acids is 1. The van der Waals surface area contributed by atoms with Crippen LogP contribution in [-0.4, -0.2) is 39.9 Å². The first-order valence-corrected chi connectivity index (χ1v) is 8.82. The molecule has 1 fully saturated rings. The number of alkyl carbamates (subject to hydrolysis) is 1. The fraction of sp³-hybridized carbons (Fsp3) is 0.688. The predicted molar refractivity (Wildman–Crippen MR) is 89.9 cm³/mol. The van der Waals surface area contributed by atoms with Crippen molar-refractivity contribution in [2.24, 2.45) is 0 Å². The number of aryl methyl sites for hydroxylation is 1. The van der Waals surface area contributed by atoms with Crippen LogP contribution in [0, 0.1) is 6.92 Å². The quantitative estimate of drug-likeness (QED) is 0.858. The second-order valence-corrected chi connectivity index (χ2v) is 8.13. The summed E-state index contributed by atoms with van der Waals surface area (Å²) in [5.41, 5.74) is -0.539. The summed E-state index contributed by atoms with van der Waals surface area (Å²) in [5, 5.41) is 12.7. The number of amides is 1. The second-order valence-electron chi connectivity index (χ2n) is 6.92. The van der Waals surface area contributed by atoms with Gasteiger partial charge in [-0.05, 0) is 47.0 Å². The van der Waals surface area contributed by atoms with Gasteiger partial charge in [-0.2, -0.15) is 0 Å². The molecule has 0 radical (unpaired) electrons. The molecule has 8 heteroatoms. The fourth-order valence-electron chi connectivity index (χ4n) is 2.64. The first kappa shape index (κ1) is 18.5. The number of carbonyl (C=O) groups is 2. The van der Waals surface area contributed by atoms with E-state index < -0.39 is 17.7 Å². The van der Waals surface area contributed by atoms with E-state index in [1.165, 1.54) is 0 Å². The van der Waals surface area contributed by atoms with E-state index >= 15 is 0 Å². The second kappa shape index (κ2) is 7.38. The highest BCUT2D eigenvalue weighted by atomic mass is 32.1. The summed E-state index contributed by atoms with van der Waals surface area (Å²) in [6.07, 6.45) is 2.54. The predicted octanol–water partition coefficient (Wildman–Crippen LogP) is 3.36. The summed E-state index contributed by atoms with van der Waals surface area (Å²) >= 11 is 1.10. The van der Waals surface area contributed by atoms with Crippen molar-refractivity contribution in [3.63, 3.8) is 0 Å². The molecule has 7 nitrogen and oxygen atoms in total. The third kappa shape index (κ3) is 5.36. The van der Waals surface area contributed by atoms with E-state index in [9.17, 15) is 14.7 Å². The lowest BCUT2D eigenvalue weighted by Gasteiger charge is -2.30. The highest BCUT2D eigenvalue weighted by Crippen LogP contribution is 2.29. The molecular weight excluding hydrogens is 332 g/mol. The van der Waals surface area contributed by atoms with Gasteiger partial charge in [0.1, 0.15) is 11.7 Å². The number of hydrogen-bond acceptors (Lipinski definition) is 6. The monoisotopic (exact) mass is 356 g/mol. The Morgan fingerprint density at radius 1 is 1.33 bits per heavy atom. The van der Waals surface area contributed by atoms with Crippen molar-refractivity contribution in [3.8, 4) is 5.88 Å². The standard InChI is InChI=1S/C16H24N2O5S/c1-9-17-13(12(24-9)14(19)20)22-11-7-5-6-10(8-11)18-15(21)23-16(2,3)4/h10-11H,5-8H2,1-4H3,(H,18,21)(H,19,20)/t10-,11+/m1/s1. The third-order valence-corrected chi connectivity index (χ3v) is 4.46. The minimum absolute atomic E-state index is 0.0494. The average Bonchev–Trinajstić information content (AvgIpc) is 2.77. The molecule has 0 spiro atoms. The van der Waals surface area contributed by atoms with Crippen molar-refractivity contribution in [2.75, 3.05) is 0 Å². The maximum absolute atomic E-state index is 11.9. The number of rotatable bonds is 4. The van der Waals surface area contributed by atoms with Crippen molar-refractivity contribution in [1.82, 2.24) is 10.3 Å². The lowest BCUT2D eigenvalue weighted by Crippen LogP contribution is -2.43. The number of nitrogens with zero attached hydrogens (tertiary/aromatic N) is 1. The molecule has 0 unspecified atom stereocenters. The molecule has 1 aromatic rings. The molecule has 0 saturated heterocycles. The molecule has 1 aromatic heterocycles. The van der Waals surface area contributed by atoms with Gasteiger partial charge < -0.3 is 19.9 Å². The van der Waals surface area contributed by atoms with Gasteiger partial charge >= 0.3 is 12.1 Å².